The Morgan fingerprint density at radius 2 is 2.09 bits per heavy atom. The average molecular weight is 339 g/mol. The maximum absolute atomic E-state index is 12.3. The summed E-state index contributed by atoms with van der Waals surface area (Å²) in [5.41, 5.74) is 0.862. The van der Waals surface area contributed by atoms with Crippen LogP contribution < -0.4 is 0 Å². The van der Waals surface area contributed by atoms with E-state index in [1.807, 2.05) is 19.2 Å². The van der Waals surface area contributed by atoms with Gasteiger partial charge in [0.15, 0.2) is 10.6 Å². The van der Waals surface area contributed by atoms with Crippen LogP contribution in [-0.4, -0.2) is 39.2 Å². The van der Waals surface area contributed by atoms with E-state index in [2.05, 4.69) is 17.1 Å². The normalized spacial score (nSPS) is 10.7. The summed E-state index contributed by atoms with van der Waals surface area (Å²) in [5, 5.41) is 7.62. The lowest BCUT2D eigenvalue weighted by atomic mass is 10.2. The molecule has 1 aromatic heterocycles. The van der Waals surface area contributed by atoms with Crippen LogP contribution in [0.5, 0.6) is 0 Å². The number of rotatable bonds is 6. The van der Waals surface area contributed by atoms with Gasteiger partial charge in [-0.05, 0) is 42.9 Å². The summed E-state index contributed by atoms with van der Waals surface area (Å²) in [6.45, 7) is 3.02. The summed E-state index contributed by atoms with van der Waals surface area (Å²) in [6.07, 6.45) is 2.04. The molecule has 0 bridgehead atoms. The van der Waals surface area contributed by atoms with Gasteiger partial charge in [0, 0.05) is 24.2 Å². The van der Waals surface area contributed by atoms with E-state index in [1.165, 1.54) is 0 Å². The zero-order valence-corrected chi connectivity index (χ0v) is 14.2. The molecule has 22 heavy (non-hydrogen) atoms. The smallest absolute Gasteiger partial charge is 0.242 e. The Hall–Kier alpha value is -1.66. The molecule has 1 aromatic carbocycles. The highest BCUT2D eigenvalue weighted by Crippen LogP contribution is 2.20. The van der Waals surface area contributed by atoms with Crippen molar-refractivity contribution in [3.05, 3.63) is 34.1 Å². The van der Waals surface area contributed by atoms with Gasteiger partial charge in [0.2, 0.25) is 5.91 Å². The molecule has 0 atom stereocenters. The third-order valence-electron chi connectivity index (χ3n) is 3.43. The molecule has 0 aliphatic carbocycles. The molecule has 1 N–H and O–H groups in total. The molecule has 7 heteroatoms. The number of hydrogen-bond acceptors (Lipinski definition) is 3. The number of hydrogen-bond donors (Lipinski definition) is 1. The molecule has 0 radical (unpaired) electrons. The van der Waals surface area contributed by atoms with Crippen molar-refractivity contribution in [1.29, 1.82) is 0 Å². The third kappa shape index (κ3) is 3.96. The van der Waals surface area contributed by atoms with Gasteiger partial charge in [0.1, 0.15) is 6.54 Å². The fourth-order valence-electron chi connectivity index (χ4n) is 2.06. The van der Waals surface area contributed by atoms with Gasteiger partial charge >= 0.3 is 0 Å². The summed E-state index contributed by atoms with van der Waals surface area (Å²) in [6, 6.07) is 7.28. The number of benzene rings is 1. The quantitative estimate of drug-likeness (QED) is 0.820. The average Bonchev–Trinajstić information content (AvgIpc) is 2.86. The first-order chi connectivity index (χ1) is 10.5. The molecule has 0 spiro atoms. The second-order valence-electron chi connectivity index (χ2n) is 5.11. The van der Waals surface area contributed by atoms with Crippen molar-refractivity contribution in [3.63, 3.8) is 0 Å². The van der Waals surface area contributed by atoms with Crippen LogP contribution >= 0.6 is 23.8 Å². The molecule has 1 amide bonds. The highest BCUT2D eigenvalue weighted by Gasteiger charge is 2.14. The van der Waals surface area contributed by atoms with Gasteiger partial charge in [-0.1, -0.05) is 24.9 Å². The van der Waals surface area contributed by atoms with Crippen LogP contribution in [0, 0.1) is 4.77 Å². The minimum absolute atomic E-state index is 0.0150. The Balaban J connectivity index is 2.21. The number of likely N-dealkylation sites (N-methyl/N-ethyl adjacent to an activating group) is 1. The van der Waals surface area contributed by atoms with Gasteiger partial charge in [0.25, 0.3) is 0 Å². The zero-order valence-electron chi connectivity index (χ0n) is 12.7. The molecule has 2 aromatic rings. The van der Waals surface area contributed by atoms with Gasteiger partial charge in [0.05, 0.1) is 0 Å². The van der Waals surface area contributed by atoms with Gasteiger partial charge in [-0.3, -0.25) is 14.5 Å². The van der Waals surface area contributed by atoms with Crippen molar-refractivity contribution in [3.8, 4) is 11.4 Å². The van der Waals surface area contributed by atoms with E-state index < -0.39 is 0 Å². The van der Waals surface area contributed by atoms with Crippen LogP contribution in [0.4, 0.5) is 0 Å². The van der Waals surface area contributed by atoms with Crippen LogP contribution in [0.3, 0.4) is 0 Å². The van der Waals surface area contributed by atoms with E-state index in [1.54, 1.807) is 21.6 Å². The highest BCUT2D eigenvalue weighted by molar-refractivity contribution is 7.71. The fraction of sp³-hybridized carbons (Fsp3) is 0.400. The SMILES string of the molecule is CCCCN(C)C(=O)Cn1c(-c2ccc(Cl)cc2)n[nH]c1=S. The zero-order chi connectivity index (χ0) is 16.1. The molecule has 5 nitrogen and oxygen atoms in total. The van der Waals surface area contributed by atoms with Crippen LogP contribution in [0.15, 0.2) is 24.3 Å². The Labute approximate surface area is 139 Å². The molecule has 118 valence electrons. The van der Waals surface area contributed by atoms with E-state index in [-0.39, 0.29) is 12.5 Å². The third-order valence-corrected chi connectivity index (χ3v) is 3.99. The summed E-state index contributed by atoms with van der Waals surface area (Å²) in [7, 11) is 1.81. The number of aromatic amines is 1. The van der Waals surface area contributed by atoms with Crippen LogP contribution in [0.25, 0.3) is 11.4 Å². The first kappa shape index (κ1) is 16.7. The fourth-order valence-corrected chi connectivity index (χ4v) is 2.38. The van der Waals surface area contributed by atoms with E-state index in [0.29, 0.717) is 15.6 Å². The van der Waals surface area contributed by atoms with Crippen LogP contribution in [-0.2, 0) is 11.3 Å². The van der Waals surface area contributed by atoms with Crippen molar-refractivity contribution in [1.82, 2.24) is 19.7 Å². The van der Waals surface area contributed by atoms with Crippen molar-refractivity contribution < 1.29 is 4.79 Å². The lowest BCUT2D eigenvalue weighted by molar-refractivity contribution is -0.130. The number of unbranched alkanes of at least 4 members (excludes halogenated alkanes) is 1. The van der Waals surface area contributed by atoms with Gasteiger partial charge in [-0.25, -0.2) is 0 Å². The molecule has 0 unspecified atom stereocenters. The number of aromatic nitrogens is 3. The maximum atomic E-state index is 12.3. The monoisotopic (exact) mass is 338 g/mol. The topological polar surface area (TPSA) is 53.9 Å². The number of nitrogens with zero attached hydrogens (tertiary/aromatic N) is 3. The van der Waals surface area contributed by atoms with Crippen molar-refractivity contribution in [2.75, 3.05) is 13.6 Å². The number of amides is 1. The van der Waals surface area contributed by atoms with E-state index in [0.717, 1.165) is 24.9 Å². The molecule has 0 saturated heterocycles. The van der Waals surface area contributed by atoms with Crippen LogP contribution in [0.2, 0.25) is 5.02 Å². The van der Waals surface area contributed by atoms with E-state index in [4.69, 9.17) is 23.8 Å². The Bertz CT molecular complexity index is 692. The predicted molar refractivity (Wildman–Crippen MR) is 90.4 cm³/mol. The first-order valence-electron chi connectivity index (χ1n) is 7.18. The van der Waals surface area contributed by atoms with E-state index >= 15 is 0 Å². The molecule has 0 saturated carbocycles. The largest absolute Gasteiger partial charge is 0.344 e. The number of carbonyl (C=O) groups excluding carboxylic acids is 1. The molecule has 1 heterocycles. The van der Waals surface area contributed by atoms with Gasteiger partial charge in [-0.2, -0.15) is 5.10 Å². The number of carbonyl (C=O) groups is 1. The number of nitrogens with one attached hydrogen (secondary N) is 1. The maximum Gasteiger partial charge on any atom is 0.242 e. The first-order valence-corrected chi connectivity index (χ1v) is 7.96. The second-order valence-corrected chi connectivity index (χ2v) is 5.94. The van der Waals surface area contributed by atoms with Gasteiger partial charge in [-0.15, -0.1) is 0 Å². The summed E-state index contributed by atoms with van der Waals surface area (Å²) in [5.74, 6) is 0.653. The minimum Gasteiger partial charge on any atom is -0.344 e. The molecule has 0 aliphatic rings. The Kier molecular flexibility index (Phi) is 5.74. The number of H-pyrrole nitrogens is 1. The minimum atomic E-state index is 0.0150. The summed E-state index contributed by atoms with van der Waals surface area (Å²) in [4.78, 5) is 14.0. The molecular weight excluding hydrogens is 320 g/mol. The molecule has 0 aliphatic heterocycles. The summed E-state index contributed by atoms with van der Waals surface area (Å²) < 4.78 is 2.14. The summed E-state index contributed by atoms with van der Waals surface area (Å²) >= 11 is 11.1. The van der Waals surface area contributed by atoms with Gasteiger partial charge < -0.3 is 4.90 Å². The number of halogens is 1. The molecule has 0 fully saturated rings. The Morgan fingerprint density at radius 1 is 1.41 bits per heavy atom. The van der Waals surface area contributed by atoms with Crippen molar-refractivity contribution >= 4 is 29.7 Å². The molecule has 2 rings (SSSR count). The predicted octanol–water partition coefficient (Wildman–Crippen LogP) is 3.52. The highest BCUT2D eigenvalue weighted by atomic mass is 35.5. The van der Waals surface area contributed by atoms with Crippen molar-refractivity contribution in [2.24, 2.45) is 0 Å². The Morgan fingerprint density at radius 3 is 2.73 bits per heavy atom. The molecular formula is C15H19ClN4OS. The lowest BCUT2D eigenvalue weighted by Crippen LogP contribution is -2.31. The standard InChI is InChI=1S/C15H19ClN4OS/c1-3-4-9-19(2)13(21)10-20-14(17-18-15(20)22)11-5-7-12(16)8-6-11/h5-8H,3-4,9-10H2,1-2H3,(H,18,22). The van der Waals surface area contributed by atoms with Crippen molar-refractivity contribution in [2.45, 2.75) is 26.3 Å². The van der Waals surface area contributed by atoms with E-state index in [9.17, 15) is 4.79 Å². The second kappa shape index (κ2) is 7.56. The van der Waals surface area contributed by atoms with Crippen LogP contribution in [0.1, 0.15) is 19.8 Å². The lowest BCUT2D eigenvalue weighted by Gasteiger charge is -2.17.